The lowest BCUT2D eigenvalue weighted by Crippen LogP contribution is -2.45. The lowest BCUT2D eigenvalue weighted by atomic mass is 9.88. The first-order chi connectivity index (χ1) is 20.1. The van der Waals surface area contributed by atoms with Gasteiger partial charge in [-0.2, -0.15) is 5.21 Å². The zero-order valence-electron chi connectivity index (χ0n) is 24.6. The number of ether oxygens (including phenoxy) is 1. The molecule has 1 aliphatic heterocycles. The van der Waals surface area contributed by atoms with Crippen molar-refractivity contribution in [2.75, 3.05) is 38.4 Å². The Morgan fingerprint density at radius 1 is 1.00 bits per heavy atom. The van der Waals surface area contributed by atoms with Crippen LogP contribution in [-0.2, 0) is 17.8 Å². The first-order valence-electron chi connectivity index (χ1n) is 15.1. The molecular formula is C32H42N8O. The van der Waals surface area contributed by atoms with Crippen LogP contribution in [0.1, 0.15) is 69.0 Å². The molecule has 0 spiro atoms. The molecule has 0 amide bonds. The molecule has 0 atom stereocenters. The van der Waals surface area contributed by atoms with E-state index in [-0.39, 0.29) is 0 Å². The number of hydrogen-bond donors (Lipinski definition) is 1. The smallest absolute Gasteiger partial charge is 0.205 e. The zero-order chi connectivity index (χ0) is 28.2. The molecule has 0 bridgehead atoms. The number of tetrazole rings is 1. The van der Waals surface area contributed by atoms with Gasteiger partial charge in [-0.25, -0.2) is 4.98 Å². The van der Waals surface area contributed by atoms with Crippen molar-refractivity contribution in [3.05, 3.63) is 65.6 Å². The van der Waals surface area contributed by atoms with Crippen LogP contribution in [0.4, 0.5) is 5.82 Å². The molecule has 1 aliphatic carbocycles. The molecule has 41 heavy (non-hydrogen) atoms. The summed E-state index contributed by atoms with van der Waals surface area (Å²) in [4.78, 5) is 10.4. The quantitative estimate of drug-likeness (QED) is 0.269. The van der Waals surface area contributed by atoms with E-state index in [2.05, 4.69) is 85.2 Å². The van der Waals surface area contributed by atoms with Gasteiger partial charge in [0.25, 0.3) is 0 Å². The van der Waals surface area contributed by atoms with Crippen LogP contribution < -0.4 is 4.90 Å². The zero-order valence-corrected chi connectivity index (χ0v) is 24.6. The molecule has 3 heterocycles. The van der Waals surface area contributed by atoms with Crippen LogP contribution in [0.2, 0.25) is 0 Å². The summed E-state index contributed by atoms with van der Waals surface area (Å²) in [5.74, 6) is 4.18. The molecule has 0 saturated heterocycles. The summed E-state index contributed by atoms with van der Waals surface area (Å²) in [5, 5.41) is 14.7. The SMILES string of the molecule is COCCN1CN(CC(C)C)Cc2c1nc(C1CCCCC1)n2Cc1ccc(-c2ccccc2-c2nn[nH]n2)cc1. The van der Waals surface area contributed by atoms with Crippen LogP contribution in [0, 0.1) is 5.92 Å². The van der Waals surface area contributed by atoms with Gasteiger partial charge in [0.1, 0.15) is 5.82 Å². The van der Waals surface area contributed by atoms with Crippen molar-refractivity contribution in [2.24, 2.45) is 5.92 Å². The van der Waals surface area contributed by atoms with Gasteiger partial charge in [0, 0.05) is 44.8 Å². The van der Waals surface area contributed by atoms with E-state index in [4.69, 9.17) is 9.72 Å². The summed E-state index contributed by atoms with van der Waals surface area (Å²) in [7, 11) is 1.78. The summed E-state index contributed by atoms with van der Waals surface area (Å²) in [6, 6.07) is 17.2. The van der Waals surface area contributed by atoms with Crippen molar-refractivity contribution in [1.82, 2.24) is 35.1 Å². The van der Waals surface area contributed by atoms with Crippen molar-refractivity contribution in [2.45, 2.75) is 65.0 Å². The summed E-state index contributed by atoms with van der Waals surface area (Å²) in [6.45, 7) is 9.91. The van der Waals surface area contributed by atoms with Crippen LogP contribution in [0.3, 0.4) is 0 Å². The summed E-state index contributed by atoms with van der Waals surface area (Å²) >= 11 is 0. The molecule has 2 aromatic carbocycles. The van der Waals surface area contributed by atoms with Crippen LogP contribution in [0.5, 0.6) is 0 Å². The molecule has 1 N–H and O–H groups in total. The molecule has 4 aromatic rings. The predicted octanol–water partition coefficient (Wildman–Crippen LogP) is 5.71. The summed E-state index contributed by atoms with van der Waals surface area (Å²) in [6.07, 6.45) is 6.39. The molecule has 6 rings (SSSR count). The number of nitrogens with zero attached hydrogens (tertiary/aromatic N) is 7. The van der Waals surface area contributed by atoms with E-state index in [1.54, 1.807) is 7.11 Å². The fourth-order valence-corrected chi connectivity index (χ4v) is 6.52. The van der Waals surface area contributed by atoms with E-state index in [0.29, 0.717) is 24.3 Å². The Morgan fingerprint density at radius 2 is 1.78 bits per heavy atom. The Kier molecular flexibility index (Phi) is 8.43. The van der Waals surface area contributed by atoms with Gasteiger partial charge in [0.2, 0.25) is 5.82 Å². The van der Waals surface area contributed by atoms with Gasteiger partial charge in [0.15, 0.2) is 5.82 Å². The molecule has 0 unspecified atom stereocenters. The number of anilines is 1. The molecule has 1 saturated carbocycles. The van der Waals surface area contributed by atoms with Gasteiger partial charge in [-0.05, 0) is 40.7 Å². The van der Waals surface area contributed by atoms with Crippen molar-refractivity contribution < 1.29 is 4.74 Å². The number of fused-ring (bicyclic) bond motifs is 1. The predicted molar refractivity (Wildman–Crippen MR) is 162 cm³/mol. The molecule has 2 aliphatic rings. The van der Waals surface area contributed by atoms with Gasteiger partial charge in [-0.3, -0.25) is 4.90 Å². The highest BCUT2D eigenvalue weighted by molar-refractivity contribution is 5.80. The van der Waals surface area contributed by atoms with Crippen molar-refractivity contribution in [3.8, 4) is 22.5 Å². The first kappa shape index (κ1) is 27.6. The Labute approximate surface area is 242 Å². The Balaban J connectivity index is 1.34. The lowest BCUT2D eigenvalue weighted by molar-refractivity contribution is 0.184. The second-order valence-electron chi connectivity index (χ2n) is 11.9. The third-order valence-electron chi connectivity index (χ3n) is 8.40. The number of benzene rings is 2. The van der Waals surface area contributed by atoms with Crippen LogP contribution >= 0.6 is 0 Å². The number of aromatic nitrogens is 6. The minimum atomic E-state index is 0.526. The number of nitrogens with one attached hydrogen (secondary N) is 1. The van der Waals surface area contributed by atoms with E-state index in [1.165, 1.54) is 49.2 Å². The number of aromatic amines is 1. The van der Waals surface area contributed by atoms with Crippen LogP contribution in [0.15, 0.2) is 48.5 Å². The van der Waals surface area contributed by atoms with Gasteiger partial charge in [-0.1, -0.05) is 81.6 Å². The minimum Gasteiger partial charge on any atom is -0.383 e. The Bertz CT molecular complexity index is 1410. The normalized spacial score (nSPS) is 16.4. The average molecular weight is 555 g/mol. The number of H-pyrrole nitrogens is 1. The molecule has 216 valence electrons. The van der Waals surface area contributed by atoms with Gasteiger partial charge in [0.05, 0.1) is 19.0 Å². The van der Waals surface area contributed by atoms with Crippen molar-refractivity contribution in [1.29, 1.82) is 0 Å². The van der Waals surface area contributed by atoms with E-state index in [0.717, 1.165) is 55.4 Å². The maximum Gasteiger partial charge on any atom is 0.205 e. The Morgan fingerprint density at radius 3 is 2.49 bits per heavy atom. The van der Waals surface area contributed by atoms with Gasteiger partial charge in [-0.15, -0.1) is 10.2 Å². The first-order valence-corrected chi connectivity index (χ1v) is 15.1. The summed E-state index contributed by atoms with van der Waals surface area (Å²) < 4.78 is 8.05. The third-order valence-corrected chi connectivity index (χ3v) is 8.40. The molecule has 2 aromatic heterocycles. The average Bonchev–Trinajstić information content (AvgIpc) is 3.66. The molecular weight excluding hydrogens is 512 g/mol. The highest BCUT2D eigenvalue weighted by Crippen LogP contribution is 2.38. The third kappa shape index (κ3) is 6.06. The number of hydrogen-bond acceptors (Lipinski definition) is 7. The standard InChI is InChI=1S/C32H42N8O/c1-23(2)19-38-21-29-32(39(22-38)17-18-41-3)33-31(26-9-5-4-6-10-26)40(29)20-24-13-15-25(16-14-24)27-11-7-8-12-28(27)30-34-36-37-35-30/h7-8,11-16,23,26H,4-6,9-10,17-22H2,1-3H3,(H,34,35,36,37). The molecule has 0 radical (unpaired) electrons. The van der Waals surface area contributed by atoms with Gasteiger partial charge >= 0.3 is 0 Å². The van der Waals surface area contributed by atoms with Crippen LogP contribution in [0.25, 0.3) is 22.5 Å². The lowest BCUT2D eigenvalue weighted by Gasteiger charge is -2.37. The largest absolute Gasteiger partial charge is 0.383 e. The maximum atomic E-state index is 5.50. The number of rotatable bonds is 10. The molecule has 1 fully saturated rings. The maximum absolute atomic E-state index is 5.50. The van der Waals surface area contributed by atoms with Gasteiger partial charge < -0.3 is 14.2 Å². The minimum absolute atomic E-state index is 0.526. The topological polar surface area (TPSA) is 88.0 Å². The number of methoxy groups -OCH3 is 1. The Hall–Kier alpha value is -3.56. The second kappa shape index (κ2) is 12.5. The van der Waals surface area contributed by atoms with Crippen molar-refractivity contribution >= 4 is 5.82 Å². The van der Waals surface area contributed by atoms with E-state index in [9.17, 15) is 0 Å². The highest BCUT2D eigenvalue weighted by atomic mass is 16.5. The summed E-state index contributed by atoms with van der Waals surface area (Å²) in [5.41, 5.74) is 5.84. The number of imidazole rings is 1. The fourth-order valence-electron chi connectivity index (χ4n) is 6.52. The second-order valence-corrected chi connectivity index (χ2v) is 11.9. The van der Waals surface area contributed by atoms with E-state index < -0.39 is 0 Å². The molecule has 9 nitrogen and oxygen atoms in total. The monoisotopic (exact) mass is 554 g/mol. The van der Waals surface area contributed by atoms with Crippen LogP contribution in [-0.4, -0.2) is 68.6 Å². The molecule has 9 heteroatoms. The van der Waals surface area contributed by atoms with E-state index >= 15 is 0 Å². The highest BCUT2D eigenvalue weighted by Gasteiger charge is 2.32. The fraction of sp³-hybridized carbons (Fsp3) is 0.500. The van der Waals surface area contributed by atoms with Crippen molar-refractivity contribution in [3.63, 3.8) is 0 Å². The van der Waals surface area contributed by atoms with E-state index in [1.807, 2.05) is 12.1 Å².